The molecule has 0 aliphatic carbocycles. The van der Waals surface area contributed by atoms with E-state index in [1.54, 1.807) is 0 Å². The maximum atomic E-state index is 10.7. The van der Waals surface area contributed by atoms with Crippen LogP contribution in [0, 0.1) is 0 Å². The van der Waals surface area contributed by atoms with E-state index in [1.807, 2.05) is 0 Å². The predicted molar refractivity (Wildman–Crippen MR) is 39.8 cm³/mol. The monoisotopic (exact) mass is 205 g/mol. The molecule has 0 spiro atoms. The molecule has 0 saturated heterocycles. The van der Waals surface area contributed by atoms with Crippen LogP contribution in [0.3, 0.4) is 0 Å². The number of Topliss-reactive ketones (excluding diaryl/α,β-unsaturated/α-hetero) is 2. The van der Waals surface area contributed by atoms with E-state index < -0.39 is 0 Å². The maximum absolute atomic E-state index is 10.7. The number of hydrogen-bond donors (Lipinski definition) is 0. The molecular weight excluding hydrogens is 192 g/mol. The van der Waals surface area contributed by atoms with Gasteiger partial charge in [0.05, 0.1) is 0 Å². The summed E-state index contributed by atoms with van der Waals surface area (Å²) >= 11 is 0. The van der Waals surface area contributed by atoms with Gasteiger partial charge in [0.1, 0.15) is 0 Å². The van der Waals surface area contributed by atoms with Crippen molar-refractivity contribution in [2.24, 2.45) is 0 Å². The van der Waals surface area contributed by atoms with Gasteiger partial charge in [-0.05, 0) is 6.42 Å². The third kappa shape index (κ3) is 7.76. The maximum Gasteiger partial charge on any atom is 0.198 e. The average molecular weight is 206 g/mol. The van der Waals surface area contributed by atoms with Gasteiger partial charge in [-0.2, -0.15) is 0 Å². The van der Waals surface area contributed by atoms with Crippen LogP contribution in [-0.4, -0.2) is 11.6 Å². The van der Waals surface area contributed by atoms with Gasteiger partial charge < -0.3 is 0 Å². The molecule has 0 bridgehead atoms. The van der Waals surface area contributed by atoms with Gasteiger partial charge in [-0.3, -0.25) is 9.59 Å². The first-order chi connectivity index (χ1) is 4.68. The van der Waals surface area contributed by atoms with Gasteiger partial charge in [-0.25, -0.2) is 0 Å². The normalized spacial score (nSPS) is 8.55. The molecule has 0 aliphatic heterocycles. The van der Waals surface area contributed by atoms with Crippen LogP contribution in [-0.2, 0) is 26.7 Å². The van der Waals surface area contributed by atoms with Gasteiger partial charge in [0, 0.05) is 30.4 Å². The van der Waals surface area contributed by atoms with Gasteiger partial charge in [-0.1, -0.05) is 19.8 Å². The van der Waals surface area contributed by atoms with Crippen molar-refractivity contribution in [3.63, 3.8) is 0 Å². The van der Waals surface area contributed by atoms with E-state index in [2.05, 4.69) is 6.92 Å². The number of rotatable bonds is 5. The molecule has 0 rings (SSSR count). The molecule has 0 amide bonds. The van der Waals surface area contributed by atoms with Crippen LogP contribution in [0.25, 0.3) is 0 Å². The molecule has 0 aromatic heterocycles. The Morgan fingerprint density at radius 3 is 2.09 bits per heavy atom. The summed E-state index contributed by atoms with van der Waals surface area (Å²) in [7, 11) is 0. The van der Waals surface area contributed by atoms with Crippen molar-refractivity contribution in [2.75, 3.05) is 0 Å². The minimum absolute atomic E-state index is 0. The van der Waals surface area contributed by atoms with Crippen LogP contribution in [0.5, 0.6) is 0 Å². The second-order valence-corrected chi connectivity index (χ2v) is 2.44. The molecule has 0 heterocycles. The molecule has 69 valence electrons. The average Bonchev–Trinajstić information content (AvgIpc) is 1.88. The number of ketones is 2. The summed E-state index contributed by atoms with van der Waals surface area (Å²) in [5.74, 6) is -0.537. The summed E-state index contributed by atoms with van der Waals surface area (Å²) in [6, 6.07) is 0. The van der Waals surface area contributed by atoms with Crippen LogP contribution in [0.15, 0.2) is 0 Å². The smallest absolute Gasteiger partial charge is 0.198 e. The first kappa shape index (κ1) is 13.4. The van der Waals surface area contributed by atoms with Crippen LogP contribution in [0.1, 0.15) is 39.5 Å². The summed E-state index contributed by atoms with van der Waals surface area (Å²) in [5, 5.41) is 0. The predicted octanol–water partition coefficient (Wildman–Crippen LogP) is 1.72. The van der Waals surface area contributed by atoms with Crippen LogP contribution in [0.4, 0.5) is 0 Å². The Kier molecular flexibility index (Phi) is 9.73. The molecule has 3 heteroatoms. The molecule has 0 saturated carbocycles. The fraction of sp³-hybridized carbons (Fsp3) is 0.750. The number of unbranched alkanes of at least 4 members (excludes halogenated alkanes) is 2. The minimum atomic E-state index is -0.309. The largest absolute Gasteiger partial charge is 0.291 e. The third-order valence-corrected chi connectivity index (χ3v) is 1.40. The summed E-state index contributed by atoms with van der Waals surface area (Å²) in [6.07, 6.45) is 3.42. The molecule has 0 atom stereocenters. The van der Waals surface area contributed by atoms with Crippen molar-refractivity contribution in [1.29, 1.82) is 0 Å². The van der Waals surface area contributed by atoms with Crippen molar-refractivity contribution < 1.29 is 26.7 Å². The molecule has 0 aromatic rings. The van der Waals surface area contributed by atoms with E-state index in [0.29, 0.717) is 6.42 Å². The van der Waals surface area contributed by atoms with Gasteiger partial charge >= 0.3 is 0 Å². The van der Waals surface area contributed by atoms with Crippen molar-refractivity contribution in [2.45, 2.75) is 39.5 Å². The van der Waals surface area contributed by atoms with Gasteiger partial charge in [0.15, 0.2) is 11.6 Å². The molecule has 0 aliphatic rings. The molecule has 1 radical (unpaired) electrons. The zero-order chi connectivity index (χ0) is 7.98. The van der Waals surface area contributed by atoms with Gasteiger partial charge in [-0.15, -0.1) is 0 Å². The Morgan fingerprint density at radius 2 is 1.73 bits per heavy atom. The van der Waals surface area contributed by atoms with Gasteiger partial charge in [0.25, 0.3) is 0 Å². The fourth-order valence-corrected chi connectivity index (χ4v) is 0.712. The third-order valence-electron chi connectivity index (χ3n) is 1.40. The Balaban J connectivity index is 0. The topological polar surface area (TPSA) is 34.1 Å². The van der Waals surface area contributed by atoms with Gasteiger partial charge in [0.2, 0.25) is 0 Å². The SMILES string of the molecule is CCCCCC(=O)C(C)=O.[Cu]. The number of carbonyl (C=O) groups excluding carboxylic acids is 2. The summed E-state index contributed by atoms with van der Waals surface area (Å²) in [4.78, 5) is 21.1. The van der Waals surface area contributed by atoms with Crippen LogP contribution < -0.4 is 0 Å². The zero-order valence-electron chi connectivity index (χ0n) is 6.95. The van der Waals surface area contributed by atoms with Crippen LogP contribution in [0.2, 0.25) is 0 Å². The van der Waals surface area contributed by atoms with Crippen LogP contribution >= 0.6 is 0 Å². The molecule has 0 unspecified atom stereocenters. The second kappa shape index (κ2) is 7.96. The van der Waals surface area contributed by atoms with E-state index in [0.717, 1.165) is 19.3 Å². The summed E-state index contributed by atoms with van der Waals surface area (Å²) in [5.41, 5.74) is 0. The van der Waals surface area contributed by atoms with E-state index in [9.17, 15) is 9.59 Å². The molecule has 0 N–H and O–H groups in total. The Labute approximate surface area is 78.2 Å². The Morgan fingerprint density at radius 1 is 1.18 bits per heavy atom. The van der Waals surface area contributed by atoms with Crippen molar-refractivity contribution in [1.82, 2.24) is 0 Å². The van der Waals surface area contributed by atoms with E-state index in [1.165, 1.54) is 6.92 Å². The minimum Gasteiger partial charge on any atom is -0.291 e. The van der Waals surface area contributed by atoms with Crippen molar-refractivity contribution in [3.8, 4) is 0 Å². The summed E-state index contributed by atoms with van der Waals surface area (Å²) < 4.78 is 0. The zero-order valence-corrected chi connectivity index (χ0v) is 7.89. The second-order valence-electron chi connectivity index (χ2n) is 2.44. The Bertz CT molecular complexity index is 132. The first-order valence-corrected chi connectivity index (χ1v) is 3.72. The van der Waals surface area contributed by atoms with E-state index >= 15 is 0 Å². The molecule has 0 fully saturated rings. The number of carbonyl (C=O) groups is 2. The summed E-state index contributed by atoms with van der Waals surface area (Å²) in [6.45, 7) is 3.40. The first-order valence-electron chi connectivity index (χ1n) is 3.72. The van der Waals surface area contributed by atoms with E-state index in [4.69, 9.17) is 0 Å². The molecule has 11 heavy (non-hydrogen) atoms. The quantitative estimate of drug-likeness (QED) is 0.389. The molecule has 2 nitrogen and oxygen atoms in total. The Hall–Kier alpha value is -0.141. The number of hydrogen-bond acceptors (Lipinski definition) is 2. The van der Waals surface area contributed by atoms with Crippen molar-refractivity contribution in [3.05, 3.63) is 0 Å². The van der Waals surface area contributed by atoms with E-state index in [-0.39, 0.29) is 28.6 Å². The molecule has 0 aromatic carbocycles. The standard InChI is InChI=1S/C8H14O2.Cu/c1-3-4-5-6-8(10)7(2)9;/h3-6H2,1-2H3;. The van der Waals surface area contributed by atoms with Crippen molar-refractivity contribution >= 4 is 11.6 Å². The fourth-order valence-electron chi connectivity index (χ4n) is 0.712. The molecular formula is C8H14CuO2.